The van der Waals surface area contributed by atoms with Gasteiger partial charge in [0.25, 0.3) is 5.91 Å². The minimum Gasteiger partial charge on any atom is -0.345 e. The zero-order valence-electron chi connectivity index (χ0n) is 18.3. The summed E-state index contributed by atoms with van der Waals surface area (Å²) >= 11 is 0. The number of sulfonamides is 1. The van der Waals surface area contributed by atoms with Gasteiger partial charge in [-0.15, -0.1) is 0 Å². The van der Waals surface area contributed by atoms with E-state index in [1.807, 2.05) is 36.6 Å². The molecule has 0 aliphatic heterocycles. The van der Waals surface area contributed by atoms with Crippen LogP contribution in [0.25, 0.3) is 11.0 Å². The lowest BCUT2D eigenvalue weighted by Gasteiger charge is -2.19. The Balaban J connectivity index is 2.00. The Labute approximate surface area is 178 Å². The number of carbonyl (C=O) groups excluding carboxylic acids is 1. The molecule has 0 N–H and O–H groups in total. The lowest BCUT2D eigenvalue weighted by atomic mass is 10.2. The standard InChI is InChI=1S/C22H28N4O3S/c1-7-26-19-11-10-17(22(27)24(4)5)13-18(19)23-21(26)14-25(6)30(28,29)20-12-15(2)8-9-16(20)3/h8-13H,7,14H2,1-6H3. The summed E-state index contributed by atoms with van der Waals surface area (Å²) in [6, 6.07) is 10.8. The van der Waals surface area contributed by atoms with Gasteiger partial charge in [-0.25, -0.2) is 13.4 Å². The van der Waals surface area contributed by atoms with E-state index in [4.69, 9.17) is 0 Å². The lowest BCUT2D eigenvalue weighted by molar-refractivity contribution is 0.0827. The molecule has 0 aliphatic carbocycles. The van der Waals surface area contributed by atoms with Crippen LogP contribution >= 0.6 is 0 Å². The Bertz CT molecular complexity index is 1210. The van der Waals surface area contributed by atoms with Crippen LogP contribution in [0.5, 0.6) is 0 Å². The average molecular weight is 429 g/mol. The summed E-state index contributed by atoms with van der Waals surface area (Å²) < 4.78 is 29.7. The maximum absolute atomic E-state index is 13.2. The van der Waals surface area contributed by atoms with E-state index in [0.29, 0.717) is 33.9 Å². The van der Waals surface area contributed by atoms with Gasteiger partial charge < -0.3 is 9.47 Å². The van der Waals surface area contributed by atoms with Crippen LogP contribution in [-0.2, 0) is 23.1 Å². The summed E-state index contributed by atoms with van der Waals surface area (Å²) in [5.74, 6) is 0.539. The number of benzene rings is 2. The van der Waals surface area contributed by atoms with Gasteiger partial charge in [0.2, 0.25) is 10.0 Å². The highest BCUT2D eigenvalue weighted by Gasteiger charge is 2.25. The summed E-state index contributed by atoms with van der Waals surface area (Å²) in [4.78, 5) is 18.8. The molecule has 1 amide bonds. The third kappa shape index (κ3) is 3.97. The molecule has 7 nitrogen and oxygen atoms in total. The number of carbonyl (C=O) groups is 1. The first-order valence-corrected chi connectivity index (χ1v) is 11.2. The lowest BCUT2D eigenvalue weighted by Crippen LogP contribution is -2.28. The Kier molecular flexibility index (Phi) is 6.01. The minimum absolute atomic E-state index is 0.0980. The summed E-state index contributed by atoms with van der Waals surface area (Å²) in [5, 5.41) is 0. The molecule has 0 radical (unpaired) electrons. The maximum atomic E-state index is 13.2. The fourth-order valence-corrected chi connectivity index (χ4v) is 4.91. The van der Waals surface area contributed by atoms with E-state index in [1.165, 1.54) is 9.21 Å². The first-order valence-electron chi connectivity index (χ1n) is 9.80. The fourth-order valence-electron chi connectivity index (χ4n) is 3.48. The number of imidazole rings is 1. The van der Waals surface area contributed by atoms with Crippen LogP contribution in [0.3, 0.4) is 0 Å². The van der Waals surface area contributed by atoms with Crippen molar-refractivity contribution in [2.45, 2.75) is 38.8 Å². The number of rotatable bonds is 6. The number of hydrogen-bond acceptors (Lipinski definition) is 4. The van der Waals surface area contributed by atoms with Crippen LogP contribution in [0, 0.1) is 13.8 Å². The smallest absolute Gasteiger partial charge is 0.253 e. The number of aryl methyl sites for hydroxylation is 3. The molecule has 0 spiro atoms. The van der Waals surface area contributed by atoms with E-state index in [9.17, 15) is 13.2 Å². The van der Waals surface area contributed by atoms with Crippen molar-refractivity contribution in [1.82, 2.24) is 18.8 Å². The first-order chi connectivity index (χ1) is 14.1. The van der Waals surface area contributed by atoms with Gasteiger partial charge in [0.15, 0.2) is 0 Å². The van der Waals surface area contributed by atoms with E-state index in [2.05, 4.69) is 4.98 Å². The second-order valence-electron chi connectivity index (χ2n) is 7.71. The molecule has 0 unspecified atom stereocenters. The van der Waals surface area contributed by atoms with Crippen LogP contribution in [0.2, 0.25) is 0 Å². The molecule has 0 saturated carbocycles. The number of nitrogens with zero attached hydrogens (tertiary/aromatic N) is 4. The summed E-state index contributed by atoms with van der Waals surface area (Å²) in [6.45, 7) is 6.44. The van der Waals surface area contributed by atoms with Crippen molar-refractivity contribution in [3.63, 3.8) is 0 Å². The van der Waals surface area contributed by atoms with Crippen molar-refractivity contribution < 1.29 is 13.2 Å². The molecule has 0 fully saturated rings. The van der Waals surface area contributed by atoms with Crippen LogP contribution in [0.4, 0.5) is 0 Å². The molecule has 160 valence electrons. The molecule has 3 rings (SSSR count). The molecule has 0 bridgehead atoms. The third-order valence-corrected chi connectivity index (χ3v) is 7.14. The zero-order valence-corrected chi connectivity index (χ0v) is 19.1. The molecule has 2 aromatic carbocycles. The Morgan fingerprint density at radius 1 is 1.07 bits per heavy atom. The van der Waals surface area contributed by atoms with Gasteiger partial charge in [0, 0.05) is 33.3 Å². The molecule has 3 aromatic rings. The number of hydrogen-bond donors (Lipinski definition) is 0. The molecular formula is C22H28N4O3S. The molecule has 0 atom stereocenters. The predicted molar refractivity (Wildman–Crippen MR) is 118 cm³/mol. The van der Waals surface area contributed by atoms with Crippen LogP contribution in [-0.4, -0.2) is 54.2 Å². The SMILES string of the molecule is CCn1c(CN(C)S(=O)(=O)c2cc(C)ccc2C)nc2cc(C(=O)N(C)C)ccc21. The molecular weight excluding hydrogens is 400 g/mol. The van der Waals surface area contributed by atoms with Gasteiger partial charge in [0.1, 0.15) is 5.82 Å². The maximum Gasteiger partial charge on any atom is 0.253 e. The highest BCUT2D eigenvalue weighted by Crippen LogP contribution is 2.24. The first kappa shape index (κ1) is 22.0. The van der Waals surface area contributed by atoms with Crippen LogP contribution in [0.15, 0.2) is 41.3 Å². The van der Waals surface area contributed by atoms with Crippen molar-refractivity contribution in [2.75, 3.05) is 21.1 Å². The van der Waals surface area contributed by atoms with Gasteiger partial charge >= 0.3 is 0 Å². The second-order valence-corrected chi connectivity index (χ2v) is 9.72. The van der Waals surface area contributed by atoms with Crippen molar-refractivity contribution in [3.05, 3.63) is 58.9 Å². The highest BCUT2D eigenvalue weighted by atomic mass is 32.2. The van der Waals surface area contributed by atoms with Crippen molar-refractivity contribution in [1.29, 1.82) is 0 Å². The van der Waals surface area contributed by atoms with Gasteiger partial charge in [0.05, 0.1) is 22.5 Å². The normalized spacial score (nSPS) is 12.0. The molecule has 1 aromatic heterocycles. The highest BCUT2D eigenvalue weighted by molar-refractivity contribution is 7.89. The Morgan fingerprint density at radius 3 is 2.40 bits per heavy atom. The van der Waals surface area contributed by atoms with Crippen molar-refractivity contribution >= 4 is 27.0 Å². The largest absolute Gasteiger partial charge is 0.345 e. The average Bonchev–Trinajstić information content (AvgIpc) is 3.04. The molecule has 30 heavy (non-hydrogen) atoms. The van der Waals surface area contributed by atoms with E-state index < -0.39 is 10.0 Å². The van der Waals surface area contributed by atoms with Crippen molar-refractivity contribution in [3.8, 4) is 0 Å². The van der Waals surface area contributed by atoms with Crippen LogP contribution < -0.4 is 0 Å². The van der Waals surface area contributed by atoms with E-state index in [-0.39, 0.29) is 12.5 Å². The van der Waals surface area contributed by atoms with Gasteiger partial charge in [-0.05, 0) is 56.2 Å². The molecule has 0 aliphatic rings. The number of fused-ring (bicyclic) bond motifs is 1. The quantitative estimate of drug-likeness (QED) is 0.604. The topological polar surface area (TPSA) is 75.5 Å². The second kappa shape index (κ2) is 8.20. The van der Waals surface area contributed by atoms with Gasteiger partial charge in [-0.2, -0.15) is 4.31 Å². The van der Waals surface area contributed by atoms with Gasteiger partial charge in [-0.1, -0.05) is 12.1 Å². The summed E-state index contributed by atoms with van der Waals surface area (Å²) in [7, 11) is 1.31. The summed E-state index contributed by atoms with van der Waals surface area (Å²) in [5.41, 5.74) is 3.71. The Hall–Kier alpha value is -2.71. The van der Waals surface area contributed by atoms with E-state index in [0.717, 1.165) is 11.1 Å². The predicted octanol–water partition coefficient (Wildman–Crippen LogP) is 3.20. The monoisotopic (exact) mass is 428 g/mol. The summed E-state index contributed by atoms with van der Waals surface area (Å²) in [6.07, 6.45) is 0. The molecule has 1 heterocycles. The van der Waals surface area contributed by atoms with Crippen LogP contribution in [0.1, 0.15) is 34.2 Å². The third-order valence-electron chi connectivity index (χ3n) is 5.19. The van der Waals surface area contributed by atoms with E-state index in [1.54, 1.807) is 46.3 Å². The number of aromatic nitrogens is 2. The molecule has 0 saturated heterocycles. The fraction of sp³-hybridized carbons (Fsp3) is 0.364. The van der Waals surface area contributed by atoms with E-state index >= 15 is 0 Å². The Morgan fingerprint density at radius 2 is 1.77 bits per heavy atom. The minimum atomic E-state index is -3.67. The molecule has 8 heteroatoms. The number of amides is 1. The zero-order chi connectivity index (χ0) is 22.2. The van der Waals surface area contributed by atoms with Gasteiger partial charge in [-0.3, -0.25) is 4.79 Å². The van der Waals surface area contributed by atoms with Crippen molar-refractivity contribution in [2.24, 2.45) is 0 Å².